The quantitative estimate of drug-likeness (QED) is 0.834. The molecule has 98 valence electrons. The molecule has 4 nitrogen and oxygen atoms in total. The van der Waals surface area contributed by atoms with Gasteiger partial charge in [-0.3, -0.25) is 4.21 Å². The van der Waals surface area contributed by atoms with Crippen molar-refractivity contribution in [3.63, 3.8) is 0 Å². The van der Waals surface area contributed by atoms with Crippen LogP contribution < -0.4 is 5.73 Å². The molecule has 18 heavy (non-hydrogen) atoms. The molecule has 2 unspecified atom stereocenters. The maximum absolute atomic E-state index is 12.1. The molecule has 0 fully saturated rings. The molecular weight excluding hydrogens is 246 g/mol. The van der Waals surface area contributed by atoms with E-state index in [1.807, 2.05) is 25.1 Å². The SMILES string of the molecule is CC(C)C(C)S(=O)Cc1nc2ccc(N)cc2[nH]1. The average molecular weight is 265 g/mol. The van der Waals surface area contributed by atoms with Crippen LogP contribution in [0.4, 0.5) is 5.69 Å². The van der Waals surface area contributed by atoms with Crippen LogP contribution in [0.15, 0.2) is 18.2 Å². The summed E-state index contributed by atoms with van der Waals surface area (Å²) < 4.78 is 12.1. The largest absolute Gasteiger partial charge is 0.399 e. The molecule has 1 aromatic heterocycles. The van der Waals surface area contributed by atoms with E-state index >= 15 is 0 Å². The van der Waals surface area contributed by atoms with Crippen LogP contribution in [0.25, 0.3) is 11.0 Å². The molecule has 0 amide bonds. The number of aromatic nitrogens is 2. The number of nitrogens with two attached hydrogens (primary N) is 1. The van der Waals surface area contributed by atoms with E-state index in [1.54, 1.807) is 0 Å². The first-order chi connectivity index (χ1) is 8.47. The third-order valence-electron chi connectivity index (χ3n) is 3.19. The highest BCUT2D eigenvalue weighted by Gasteiger charge is 2.16. The fraction of sp³-hybridized carbons (Fsp3) is 0.462. The third kappa shape index (κ3) is 2.72. The Balaban J connectivity index is 2.20. The Morgan fingerprint density at radius 3 is 2.78 bits per heavy atom. The maximum Gasteiger partial charge on any atom is 0.119 e. The van der Waals surface area contributed by atoms with Crippen LogP contribution in [0.1, 0.15) is 26.6 Å². The number of rotatable bonds is 4. The van der Waals surface area contributed by atoms with Crippen molar-refractivity contribution in [1.29, 1.82) is 0 Å². The lowest BCUT2D eigenvalue weighted by Crippen LogP contribution is -2.19. The van der Waals surface area contributed by atoms with E-state index < -0.39 is 10.8 Å². The Kier molecular flexibility index (Phi) is 3.71. The number of nitrogens with zero attached hydrogens (tertiary/aromatic N) is 1. The number of nitrogens with one attached hydrogen (secondary N) is 1. The van der Waals surface area contributed by atoms with E-state index in [-0.39, 0.29) is 5.25 Å². The van der Waals surface area contributed by atoms with Crippen molar-refractivity contribution in [2.45, 2.75) is 31.8 Å². The van der Waals surface area contributed by atoms with E-state index in [0.717, 1.165) is 16.9 Å². The van der Waals surface area contributed by atoms with Crippen molar-refractivity contribution < 1.29 is 4.21 Å². The van der Waals surface area contributed by atoms with Crippen molar-refractivity contribution in [3.05, 3.63) is 24.0 Å². The Morgan fingerprint density at radius 1 is 1.39 bits per heavy atom. The number of nitrogen functional groups attached to an aromatic ring is 1. The van der Waals surface area contributed by atoms with E-state index in [4.69, 9.17) is 5.73 Å². The minimum Gasteiger partial charge on any atom is -0.399 e. The van der Waals surface area contributed by atoms with Gasteiger partial charge in [-0.05, 0) is 24.1 Å². The molecule has 0 saturated carbocycles. The van der Waals surface area contributed by atoms with Crippen LogP contribution in [0.5, 0.6) is 0 Å². The van der Waals surface area contributed by atoms with Crippen molar-refractivity contribution in [1.82, 2.24) is 9.97 Å². The second-order valence-electron chi connectivity index (χ2n) is 4.93. The van der Waals surface area contributed by atoms with Gasteiger partial charge in [-0.1, -0.05) is 20.8 Å². The molecule has 1 heterocycles. The van der Waals surface area contributed by atoms with Gasteiger partial charge in [0.25, 0.3) is 0 Å². The summed E-state index contributed by atoms with van der Waals surface area (Å²) in [5.41, 5.74) is 8.19. The molecule has 2 aromatic rings. The highest BCUT2D eigenvalue weighted by molar-refractivity contribution is 7.84. The van der Waals surface area contributed by atoms with Crippen LogP contribution in [-0.2, 0) is 16.6 Å². The number of hydrogen-bond acceptors (Lipinski definition) is 3. The number of aromatic amines is 1. The first-order valence-electron chi connectivity index (χ1n) is 6.08. The lowest BCUT2D eigenvalue weighted by molar-refractivity contribution is 0.604. The molecular formula is C13H19N3OS. The van der Waals surface area contributed by atoms with E-state index in [9.17, 15) is 4.21 Å². The summed E-state index contributed by atoms with van der Waals surface area (Å²) in [6, 6.07) is 5.54. The summed E-state index contributed by atoms with van der Waals surface area (Å²) >= 11 is 0. The van der Waals surface area contributed by atoms with Crippen LogP contribution in [0.2, 0.25) is 0 Å². The maximum atomic E-state index is 12.1. The van der Waals surface area contributed by atoms with Gasteiger partial charge < -0.3 is 10.7 Å². The van der Waals surface area contributed by atoms with Gasteiger partial charge >= 0.3 is 0 Å². The average Bonchev–Trinajstić information content (AvgIpc) is 2.68. The minimum absolute atomic E-state index is 0.170. The summed E-state index contributed by atoms with van der Waals surface area (Å²) in [4.78, 5) is 7.61. The highest BCUT2D eigenvalue weighted by Crippen LogP contribution is 2.17. The van der Waals surface area contributed by atoms with Crippen LogP contribution in [0.3, 0.4) is 0 Å². The van der Waals surface area contributed by atoms with Gasteiger partial charge in [-0.25, -0.2) is 4.98 Å². The standard InChI is InChI=1S/C13H19N3OS/c1-8(2)9(3)18(17)7-13-15-11-5-4-10(14)6-12(11)16-13/h4-6,8-9H,7,14H2,1-3H3,(H,15,16). The molecule has 0 spiro atoms. The molecule has 0 aliphatic rings. The number of imidazole rings is 1. The molecule has 5 heteroatoms. The molecule has 2 atom stereocenters. The Hall–Kier alpha value is -1.36. The predicted molar refractivity (Wildman–Crippen MR) is 76.7 cm³/mol. The monoisotopic (exact) mass is 265 g/mol. The van der Waals surface area contributed by atoms with E-state index in [1.165, 1.54) is 0 Å². The zero-order valence-electron chi connectivity index (χ0n) is 10.9. The number of benzene rings is 1. The smallest absolute Gasteiger partial charge is 0.119 e. The van der Waals surface area contributed by atoms with Crippen LogP contribution >= 0.6 is 0 Å². The van der Waals surface area contributed by atoms with Crippen molar-refractivity contribution in [2.75, 3.05) is 5.73 Å². The topological polar surface area (TPSA) is 71.8 Å². The first-order valence-corrected chi connectivity index (χ1v) is 7.47. The molecule has 3 N–H and O–H groups in total. The number of anilines is 1. The van der Waals surface area contributed by atoms with Gasteiger partial charge in [-0.2, -0.15) is 0 Å². The zero-order valence-corrected chi connectivity index (χ0v) is 11.8. The fourth-order valence-corrected chi connectivity index (χ4v) is 2.99. The van der Waals surface area contributed by atoms with Gasteiger partial charge in [-0.15, -0.1) is 0 Å². The molecule has 0 aliphatic heterocycles. The normalized spacial score (nSPS) is 15.1. The zero-order chi connectivity index (χ0) is 13.3. The molecule has 0 radical (unpaired) electrons. The Labute approximate surface area is 109 Å². The third-order valence-corrected chi connectivity index (χ3v) is 5.12. The minimum atomic E-state index is -0.903. The highest BCUT2D eigenvalue weighted by atomic mass is 32.2. The lowest BCUT2D eigenvalue weighted by Gasteiger charge is -2.13. The van der Waals surface area contributed by atoms with Gasteiger partial charge in [0.2, 0.25) is 0 Å². The van der Waals surface area contributed by atoms with E-state index in [2.05, 4.69) is 23.8 Å². The van der Waals surface area contributed by atoms with Crippen LogP contribution in [0, 0.1) is 5.92 Å². The summed E-state index contributed by atoms with van der Waals surface area (Å²) in [7, 11) is -0.903. The molecule has 0 saturated heterocycles. The predicted octanol–water partition coefficient (Wildman–Crippen LogP) is 2.44. The van der Waals surface area contributed by atoms with E-state index in [0.29, 0.717) is 17.4 Å². The van der Waals surface area contributed by atoms with Crippen molar-refractivity contribution in [3.8, 4) is 0 Å². The van der Waals surface area contributed by atoms with Crippen LogP contribution in [-0.4, -0.2) is 19.4 Å². The number of fused-ring (bicyclic) bond motifs is 1. The summed E-state index contributed by atoms with van der Waals surface area (Å²) in [6.45, 7) is 6.19. The van der Waals surface area contributed by atoms with Crippen molar-refractivity contribution in [2.24, 2.45) is 5.92 Å². The second-order valence-corrected chi connectivity index (χ2v) is 6.73. The molecule has 0 aliphatic carbocycles. The Morgan fingerprint density at radius 2 is 2.11 bits per heavy atom. The summed E-state index contributed by atoms with van der Waals surface area (Å²) in [5, 5.41) is 0.170. The van der Waals surface area contributed by atoms with Gasteiger partial charge in [0.15, 0.2) is 0 Å². The summed E-state index contributed by atoms with van der Waals surface area (Å²) in [6.07, 6.45) is 0. The molecule has 1 aromatic carbocycles. The molecule has 2 rings (SSSR count). The van der Waals surface area contributed by atoms with Gasteiger partial charge in [0, 0.05) is 21.7 Å². The number of H-pyrrole nitrogens is 1. The lowest BCUT2D eigenvalue weighted by atomic mass is 10.2. The van der Waals surface area contributed by atoms with Crippen molar-refractivity contribution >= 4 is 27.5 Å². The number of hydrogen-bond donors (Lipinski definition) is 2. The van der Waals surface area contributed by atoms with Gasteiger partial charge in [0.05, 0.1) is 16.8 Å². The molecule has 0 bridgehead atoms. The Bertz CT molecular complexity index is 577. The first kappa shape index (κ1) is 13.1. The summed E-state index contributed by atoms with van der Waals surface area (Å²) in [5.74, 6) is 1.64. The second kappa shape index (κ2) is 5.10. The van der Waals surface area contributed by atoms with Gasteiger partial charge in [0.1, 0.15) is 5.82 Å². The fourth-order valence-electron chi connectivity index (χ4n) is 1.72.